The molecule has 2 heterocycles. The van der Waals surface area contributed by atoms with Crippen molar-refractivity contribution in [1.82, 2.24) is 19.4 Å². The van der Waals surface area contributed by atoms with Crippen molar-refractivity contribution in [3.8, 4) is 11.5 Å². The van der Waals surface area contributed by atoms with Crippen molar-refractivity contribution in [3.05, 3.63) is 64.9 Å². The number of esters is 1. The van der Waals surface area contributed by atoms with Gasteiger partial charge in [-0.3, -0.25) is 9.80 Å². The van der Waals surface area contributed by atoms with Gasteiger partial charge < -0.3 is 19.5 Å². The fraction of sp³-hybridized carbons (Fsp3) is 0.429. The Kier molecular flexibility index (Phi) is 9.02. The monoisotopic (exact) mass is 572 g/mol. The maximum atomic E-state index is 13.4. The number of methoxy groups -OCH3 is 2. The molecule has 216 valence electrons. The average molecular weight is 573 g/mol. The molecule has 11 nitrogen and oxygen atoms in total. The number of carbonyl (C=O) groups is 2. The Morgan fingerprint density at radius 1 is 1.02 bits per heavy atom. The van der Waals surface area contributed by atoms with Crippen LogP contribution in [0, 0.1) is 6.92 Å². The van der Waals surface area contributed by atoms with E-state index in [4.69, 9.17) is 14.2 Å². The summed E-state index contributed by atoms with van der Waals surface area (Å²) in [5, 5.41) is 2.90. The molecular weight excluding hydrogens is 536 g/mol. The third-order valence-corrected chi connectivity index (χ3v) is 9.09. The fourth-order valence-electron chi connectivity index (χ4n) is 4.97. The number of hydrogen-bond donors (Lipinski definition) is 1. The molecule has 2 amide bonds. The smallest absolute Gasteiger partial charge is 0.338 e. The van der Waals surface area contributed by atoms with Gasteiger partial charge in [-0.05, 0) is 32.0 Å². The van der Waals surface area contributed by atoms with Gasteiger partial charge in [-0.1, -0.05) is 29.8 Å². The van der Waals surface area contributed by atoms with Gasteiger partial charge in [0.05, 0.1) is 37.3 Å². The van der Waals surface area contributed by atoms with E-state index in [9.17, 15) is 18.0 Å². The van der Waals surface area contributed by atoms with Crippen LogP contribution in [0.5, 0.6) is 11.5 Å². The number of urea groups is 1. The minimum Gasteiger partial charge on any atom is -0.493 e. The lowest BCUT2D eigenvalue weighted by atomic mass is 9.93. The number of sulfonamides is 1. The van der Waals surface area contributed by atoms with Crippen LogP contribution in [0.15, 0.2) is 58.6 Å². The SMILES string of the molecule is CCOC(=O)C1=C(CN2CCN(S(=O)(=O)c3ccc(C)cc3)CC2)N(C)C(=O)N[C@H]1c1cccc(OC)c1OC. The molecule has 40 heavy (non-hydrogen) atoms. The average Bonchev–Trinajstić information content (AvgIpc) is 2.95. The minimum absolute atomic E-state index is 0.158. The van der Waals surface area contributed by atoms with E-state index in [1.54, 1.807) is 56.4 Å². The number of ether oxygens (including phenoxy) is 3. The summed E-state index contributed by atoms with van der Waals surface area (Å²) in [6, 6.07) is 10.8. The van der Waals surface area contributed by atoms with Crippen LogP contribution in [-0.2, 0) is 19.6 Å². The van der Waals surface area contributed by atoms with Crippen LogP contribution in [-0.4, -0.2) is 95.1 Å². The second-order valence-electron chi connectivity index (χ2n) is 9.60. The van der Waals surface area contributed by atoms with Crippen LogP contribution >= 0.6 is 0 Å². The molecule has 12 heteroatoms. The van der Waals surface area contributed by atoms with Crippen LogP contribution < -0.4 is 14.8 Å². The van der Waals surface area contributed by atoms with Crippen molar-refractivity contribution in [2.24, 2.45) is 0 Å². The Balaban J connectivity index is 1.64. The number of carbonyl (C=O) groups excluding carboxylic acids is 2. The highest BCUT2D eigenvalue weighted by atomic mass is 32.2. The maximum absolute atomic E-state index is 13.4. The molecule has 0 radical (unpaired) electrons. The largest absolute Gasteiger partial charge is 0.493 e. The topological polar surface area (TPSA) is 118 Å². The predicted octanol–water partition coefficient (Wildman–Crippen LogP) is 2.53. The minimum atomic E-state index is -3.63. The van der Waals surface area contributed by atoms with Crippen molar-refractivity contribution in [2.75, 3.05) is 60.6 Å². The van der Waals surface area contributed by atoms with Crippen LogP contribution in [0.4, 0.5) is 4.79 Å². The Bertz CT molecular complexity index is 1380. The third kappa shape index (κ3) is 5.79. The van der Waals surface area contributed by atoms with Gasteiger partial charge in [-0.15, -0.1) is 0 Å². The molecule has 4 rings (SSSR count). The molecule has 0 unspecified atom stereocenters. The zero-order chi connectivity index (χ0) is 29.0. The summed E-state index contributed by atoms with van der Waals surface area (Å²) >= 11 is 0. The fourth-order valence-corrected chi connectivity index (χ4v) is 6.39. The summed E-state index contributed by atoms with van der Waals surface area (Å²) in [4.78, 5) is 30.2. The first kappa shape index (κ1) is 29.4. The van der Waals surface area contributed by atoms with Crippen molar-refractivity contribution >= 4 is 22.0 Å². The lowest BCUT2D eigenvalue weighted by molar-refractivity contribution is -0.139. The summed E-state index contributed by atoms with van der Waals surface area (Å²) in [5.74, 6) is 0.305. The molecular formula is C28H36N4O7S. The van der Waals surface area contributed by atoms with Crippen molar-refractivity contribution in [1.29, 1.82) is 0 Å². The Morgan fingerprint density at radius 2 is 1.70 bits per heavy atom. The van der Waals surface area contributed by atoms with Crippen LogP contribution in [0.2, 0.25) is 0 Å². The second-order valence-corrected chi connectivity index (χ2v) is 11.5. The normalized spacial score (nSPS) is 18.9. The van der Waals surface area contributed by atoms with Crippen molar-refractivity contribution < 1.29 is 32.2 Å². The van der Waals surface area contributed by atoms with Gasteiger partial charge in [0.25, 0.3) is 0 Å². The molecule has 0 bridgehead atoms. The highest BCUT2D eigenvalue weighted by molar-refractivity contribution is 7.89. The summed E-state index contributed by atoms with van der Waals surface area (Å²) in [7, 11) is 0.985. The first-order valence-corrected chi connectivity index (χ1v) is 14.5. The number of nitrogens with one attached hydrogen (secondary N) is 1. The van der Waals surface area contributed by atoms with E-state index in [2.05, 4.69) is 5.32 Å². The number of aryl methyl sites for hydroxylation is 1. The number of piperazine rings is 1. The van der Waals surface area contributed by atoms with E-state index in [0.29, 0.717) is 35.8 Å². The Labute approximate surface area is 235 Å². The number of rotatable bonds is 9. The Morgan fingerprint density at radius 3 is 2.30 bits per heavy atom. The van der Waals surface area contributed by atoms with Crippen LogP contribution in [0.3, 0.4) is 0 Å². The van der Waals surface area contributed by atoms with E-state index in [-0.39, 0.29) is 36.7 Å². The number of hydrogen-bond acceptors (Lipinski definition) is 8. The lowest BCUT2D eigenvalue weighted by Crippen LogP contribution is -2.53. The molecule has 0 aliphatic carbocycles. The predicted molar refractivity (Wildman–Crippen MR) is 149 cm³/mol. The van der Waals surface area contributed by atoms with E-state index in [0.717, 1.165) is 5.56 Å². The van der Waals surface area contributed by atoms with Gasteiger partial charge in [-0.25, -0.2) is 18.0 Å². The maximum Gasteiger partial charge on any atom is 0.338 e. The summed E-state index contributed by atoms with van der Waals surface area (Å²) in [5.41, 5.74) is 2.30. The molecule has 0 spiro atoms. The first-order valence-electron chi connectivity index (χ1n) is 13.1. The van der Waals surface area contributed by atoms with Crippen LogP contribution in [0.25, 0.3) is 0 Å². The van der Waals surface area contributed by atoms with E-state index >= 15 is 0 Å². The number of likely N-dealkylation sites (N-methyl/N-ethyl adjacent to an activating group) is 1. The molecule has 1 saturated heterocycles. The number of amides is 2. The molecule has 1 fully saturated rings. The number of para-hydroxylation sites is 1. The van der Waals surface area contributed by atoms with Gasteiger partial charge in [0.2, 0.25) is 10.0 Å². The van der Waals surface area contributed by atoms with Gasteiger partial charge in [-0.2, -0.15) is 4.31 Å². The summed E-state index contributed by atoms with van der Waals surface area (Å²) < 4.78 is 44.3. The molecule has 1 N–H and O–H groups in total. The zero-order valence-electron chi connectivity index (χ0n) is 23.5. The number of nitrogens with zero attached hydrogens (tertiary/aromatic N) is 3. The summed E-state index contributed by atoms with van der Waals surface area (Å²) in [6.07, 6.45) is 0. The van der Waals surface area contributed by atoms with E-state index < -0.39 is 28.1 Å². The lowest BCUT2D eigenvalue weighted by Gasteiger charge is -2.39. The third-order valence-electron chi connectivity index (χ3n) is 7.18. The Hall–Kier alpha value is -3.61. The molecule has 2 aliphatic heterocycles. The van der Waals surface area contributed by atoms with Crippen molar-refractivity contribution in [2.45, 2.75) is 24.8 Å². The molecule has 2 aliphatic rings. The van der Waals surface area contributed by atoms with Crippen LogP contribution in [0.1, 0.15) is 24.1 Å². The molecule has 0 aromatic heterocycles. The van der Waals surface area contributed by atoms with Gasteiger partial charge in [0.15, 0.2) is 11.5 Å². The molecule has 2 aromatic carbocycles. The van der Waals surface area contributed by atoms with Gasteiger partial charge in [0, 0.05) is 51.0 Å². The van der Waals surface area contributed by atoms with Gasteiger partial charge in [0.1, 0.15) is 0 Å². The quantitative estimate of drug-likeness (QED) is 0.456. The summed E-state index contributed by atoms with van der Waals surface area (Å²) in [6.45, 7) is 5.44. The van der Waals surface area contributed by atoms with E-state index in [1.165, 1.54) is 23.4 Å². The van der Waals surface area contributed by atoms with E-state index in [1.807, 2.05) is 11.8 Å². The van der Waals surface area contributed by atoms with Gasteiger partial charge >= 0.3 is 12.0 Å². The highest BCUT2D eigenvalue weighted by Crippen LogP contribution is 2.40. The highest BCUT2D eigenvalue weighted by Gasteiger charge is 2.39. The number of benzene rings is 2. The molecule has 1 atom stereocenters. The zero-order valence-corrected chi connectivity index (χ0v) is 24.3. The molecule has 2 aromatic rings. The molecule has 0 saturated carbocycles. The second kappa shape index (κ2) is 12.3. The standard InChI is InChI=1S/C28H36N4O7S/c1-6-39-27(33)24-22(30(3)28(34)29-25(24)21-8-7-9-23(37-4)26(21)38-5)18-31-14-16-32(17-15-31)40(35,36)20-12-10-19(2)11-13-20/h7-13,25H,6,14-18H2,1-5H3,(H,29,34)/t25-/m0/s1. The first-order chi connectivity index (χ1) is 19.1. The van der Waals surface area contributed by atoms with Crippen molar-refractivity contribution in [3.63, 3.8) is 0 Å².